The van der Waals surface area contributed by atoms with Gasteiger partial charge in [0.2, 0.25) is 0 Å². The second kappa shape index (κ2) is 10.3. The zero-order chi connectivity index (χ0) is 21.5. The van der Waals surface area contributed by atoms with Crippen molar-refractivity contribution in [3.63, 3.8) is 0 Å². The fourth-order valence-corrected chi connectivity index (χ4v) is 4.12. The van der Waals surface area contributed by atoms with E-state index in [1.165, 1.54) is 11.1 Å². The molecule has 0 unspecified atom stereocenters. The zero-order valence-corrected chi connectivity index (χ0v) is 18.0. The molecule has 2 atom stereocenters. The number of aromatic hydroxyl groups is 1. The van der Waals surface area contributed by atoms with Crippen LogP contribution in [0.2, 0.25) is 0 Å². The summed E-state index contributed by atoms with van der Waals surface area (Å²) in [7, 11) is 0. The smallest absolute Gasteiger partial charge is 0.120 e. The van der Waals surface area contributed by atoms with Gasteiger partial charge >= 0.3 is 0 Å². The number of fused-ring (bicyclic) bond motifs is 1. The molecule has 31 heavy (non-hydrogen) atoms. The number of benzene rings is 4. The minimum Gasteiger partial charge on any atom is -0.508 e. The SMILES string of the molecule is C[C@@H](C[C@@H](NCc1ccccc1)c1c(O)ccc2ccccc12)NCc1ccccc1. The number of nitrogens with one attached hydrogen (secondary N) is 2. The van der Waals surface area contributed by atoms with Crippen LogP contribution in [0.25, 0.3) is 10.8 Å². The monoisotopic (exact) mass is 410 g/mol. The van der Waals surface area contributed by atoms with E-state index in [0.29, 0.717) is 5.75 Å². The van der Waals surface area contributed by atoms with Gasteiger partial charge in [-0.2, -0.15) is 0 Å². The normalized spacial score (nSPS) is 13.2. The molecule has 0 aromatic heterocycles. The van der Waals surface area contributed by atoms with Crippen LogP contribution in [0.5, 0.6) is 5.75 Å². The molecule has 3 heteroatoms. The Morgan fingerprint density at radius 3 is 1.94 bits per heavy atom. The fourth-order valence-electron chi connectivity index (χ4n) is 4.12. The summed E-state index contributed by atoms with van der Waals surface area (Å²) in [6, 6.07) is 33.2. The largest absolute Gasteiger partial charge is 0.508 e. The van der Waals surface area contributed by atoms with Crippen LogP contribution in [0.3, 0.4) is 0 Å². The Labute approximate surface area is 184 Å². The first-order valence-electron chi connectivity index (χ1n) is 11.0. The van der Waals surface area contributed by atoms with Crippen LogP contribution in [0, 0.1) is 0 Å². The van der Waals surface area contributed by atoms with Crippen LogP contribution in [-0.2, 0) is 13.1 Å². The van der Waals surface area contributed by atoms with E-state index < -0.39 is 0 Å². The highest BCUT2D eigenvalue weighted by Crippen LogP contribution is 2.34. The molecule has 158 valence electrons. The number of hydrogen-bond donors (Lipinski definition) is 3. The minimum absolute atomic E-state index is 0.0181. The average Bonchev–Trinajstić information content (AvgIpc) is 2.82. The van der Waals surface area contributed by atoms with Crippen molar-refractivity contribution in [2.24, 2.45) is 0 Å². The standard InChI is InChI=1S/C28H30N2O/c1-21(29-19-22-10-4-2-5-11-22)18-26(30-20-23-12-6-3-7-13-23)28-25-15-9-8-14-24(25)16-17-27(28)31/h2-17,21,26,29-31H,18-20H2,1H3/t21-,26+/m0/s1. The van der Waals surface area contributed by atoms with E-state index in [-0.39, 0.29) is 12.1 Å². The molecule has 0 heterocycles. The predicted octanol–water partition coefficient (Wildman–Crippen LogP) is 5.94. The maximum atomic E-state index is 10.8. The quantitative estimate of drug-likeness (QED) is 0.320. The molecular weight excluding hydrogens is 380 g/mol. The highest BCUT2D eigenvalue weighted by Gasteiger charge is 2.20. The summed E-state index contributed by atoms with van der Waals surface area (Å²) in [5, 5.41) is 20.4. The van der Waals surface area contributed by atoms with Gasteiger partial charge in [0.1, 0.15) is 5.75 Å². The maximum absolute atomic E-state index is 10.8. The van der Waals surface area contributed by atoms with Crippen molar-refractivity contribution >= 4 is 10.8 Å². The van der Waals surface area contributed by atoms with E-state index in [1.807, 2.05) is 36.4 Å². The summed E-state index contributed by atoms with van der Waals surface area (Å²) in [6.07, 6.45) is 0.862. The van der Waals surface area contributed by atoms with Gasteiger partial charge in [0.15, 0.2) is 0 Å². The molecule has 0 amide bonds. The number of phenolic OH excluding ortho intramolecular Hbond substituents is 1. The number of hydrogen-bond acceptors (Lipinski definition) is 3. The highest BCUT2D eigenvalue weighted by molar-refractivity contribution is 5.88. The lowest BCUT2D eigenvalue weighted by Gasteiger charge is -2.26. The predicted molar refractivity (Wildman–Crippen MR) is 129 cm³/mol. The molecule has 0 aliphatic heterocycles. The molecule has 4 rings (SSSR count). The van der Waals surface area contributed by atoms with Crippen LogP contribution in [-0.4, -0.2) is 11.1 Å². The van der Waals surface area contributed by atoms with Gasteiger partial charge in [-0.05, 0) is 41.3 Å². The average molecular weight is 411 g/mol. The van der Waals surface area contributed by atoms with Gasteiger partial charge in [-0.25, -0.2) is 0 Å². The third-order valence-electron chi connectivity index (χ3n) is 5.78. The van der Waals surface area contributed by atoms with E-state index in [4.69, 9.17) is 0 Å². The highest BCUT2D eigenvalue weighted by atomic mass is 16.3. The third-order valence-corrected chi connectivity index (χ3v) is 5.78. The van der Waals surface area contributed by atoms with E-state index in [9.17, 15) is 5.11 Å². The second-order valence-electron chi connectivity index (χ2n) is 8.14. The van der Waals surface area contributed by atoms with Crippen LogP contribution in [0.15, 0.2) is 97.1 Å². The Balaban J connectivity index is 1.56. The molecule has 0 aliphatic rings. The van der Waals surface area contributed by atoms with E-state index >= 15 is 0 Å². The molecule has 0 saturated carbocycles. The molecule has 0 saturated heterocycles. The topological polar surface area (TPSA) is 44.3 Å². The first-order chi connectivity index (χ1) is 15.2. The maximum Gasteiger partial charge on any atom is 0.120 e. The fraction of sp³-hybridized carbons (Fsp3) is 0.214. The summed E-state index contributed by atoms with van der Waals surface area (Å²) in [5.41, 5.74) is 3.48. The van der Waals surface area contributed by atoms with Gasteiger partial charge in [-0.3, -0.25) is 0 Å². The molecule has 0 aliphatic carbocycles. The Morgan fingerprint density at radius 1 is 0.677 bits per heavy atom. The molecule has 4 aromatic rings. The summed E-state index contributed by atoms with van der Waals surface area (Å²) >= 11 is 0. The van der Waals surface area contributed by atoms with Crippen molar-refractivity contribution in [2.75, 3.05) is 0 Å². The Hall–Kier alpha value is -3.14. The van der Waals surface area contributed by atoms with Crippen molar-refractivity contribution in [3.05, 3.63) is 114 Å². The van der Waals surface area contributed by atoms with Gasteiger partial charge in [0, 0.05) is 30.7 Å². The summed E-state index contributed by atoms with van der Waals surface area (Å²) < 4.78 is 0. The lowest BCUT2D eigenvalue weighted by molar-refractivity contribution is 0.397. The van der Waals surface area contributed by atoms with E-state index in [2.05, 4.69) is 78.2 Å². The zero-order valence-electron chi connectivity index (χ0n) is 18.0. The van der Waals surface area contributed by atoms with Crippen LogP contribution in [0.4, 0.5) is 0 Å². The Morgan fingerprint density at radius 2 is 1.26 bits per heavy atom. The van der Waals surface area contributed by atoms with Gasteiger partial charge < -0.3 is 15.7 Å². The second-order valence-corrected chi connectivity index (χ2v) is 8.14. The molecule has 0 radical (unpaired) electrons. The van der Waals surface area contributed by atoms with Gasteiger partial charge in [-0.1, -0.05) is 91.0 Å². The van der Waals surface area contributed by atoms with Crippen molar-refractivity contribution in [1.82, 2.24) is 10.6 Å². The molecule has 0 bridgehead atoms. The van der Waals surface area contributed by atoms with Gasteiger partial charge in [0.25, 0.3) is 0 Å². The first-order valence-corrected chi connectivity index (χ1v) is 11.0. The molecule has 0 spiro atoms. The molecule has 3 N–H and O–H groups in total. The van der Waals surface area contributed by atoms with E-state index in [1.54, 1.807) is 0 Å². The van der Waals surface area contributed by atoms with Crippen LogP contribution < -0.4 is 10.6 Å². The molecule has 4 aromatic carbocycles. The lowest BCUT2D eigenvalue weighted by Crippen LogP contribution is -2.32. The van der Waals surface area contributed by atoms with Crippen molar-refractivity contribution in [2.45, 2.75) is 38.5 Å². The third kappa shape index (κ3) is 5.52. The van der Waals surface area contributed by atoms with Gasteiger partial charge in [0.05, 0.1) is 0 Å². The van der Waals surface area contributed by atoms with Crippen molar-refractivity contribution in [3.8, 4) is 5.75 Å². The van der Waals surface area contributed by atoms with Crippen LogP contribution >= 0.6 is 0 Å². The Kier molecular flexibility index (Phi) is 6.98. The summed E-state index contributed by atoms with van der Waals surface area (Å²) in [4.78, 5) is 0. The number of rotatable bonds is 9. The molecular formula is C28H30N2O. The Bertz CT molecular complexity index is 1100. The number of phenols is 1. The van der Waals surface area contributed by atoms with Crippen LogP contribution in [0.1, 0.15) is 36.1 Å². The molecule has 3 nitrogen and oxygen atoms in total. The van der Waals surface area contributed by atoms with Gasteiger partial charge in [-0.15, -0.1) is 0 Å². The van der Waals surface area contributed by atoms with Crippen molar-refractivity contribution < 1.29 is 5.11 Å². The van der Waals surface area contributed by atoms with Crippen molar-refractivity contribution in [1.29, 1.82) is 0 Å². The molecule has 0 fully saturated rings. The minimum atomic E-state index is 0.0181. The summed E-state index contributed by atoms with van der Waals surface area (Å²) in [6.45, 7) is 3.79. The summed E-state index contributed by atoms with van der Waals surface area (Å²) in [5.74, 6) is 0.347. The lowest BCUT2D eigenvalue weighted by atomic mass is 9.93. The van der Waals surface area contributed by atoms with E-state index in [0.717, 1.165) is 35.8 Å². The first kappa shape index (κ1) is 21.1.